The standard InChI is InChI=1S/C11H8BrN3O3/c12-7-3-4-10(9(6-7)15(16)17)18-11-8(13)2-1-5-14-11/h1-6H,13H2. The topological polar surface area (TPSA) is 91.3 Å². The Balaban J connectivity index is 2.41. The van der Waals surface area contributed by atoms with E-state index in [9.17, 15) is 10.1 Å². The highest BCUT2D eigenvalue weighted by atomic mass is 79.9. The van der Waals surface area contributed by atoms with Crippen molar-refractivity contribution in [2.75, 3.05) is 5.73 Å². The zero-order valence-corrected chi connectivity index (χ0v) is 10.6. The van der Waals surface area contributed by atoms with Gasteiger partial charge in [-0.25, -0.2) is 4.98 Å². The van der Waals surface area contributed by atoms with Gasteiger partial charge in [0.1, 0.15) is 0 Å². The summed E-state index contributed by atoms with van der Waals surface area (Å²) >= 11 is 3.16. The van der Waals surface area contributed by atoms with Crippen molar-refractivity contribution in [2.24, 2.45) is 0 Å². The van der Waals surface area contributed by atoms with Gasteiger partial charge in [-0.05, 0) is 24.3 Å². The Morgan fingerprint density at radius 3 is 2.83 bits per heavy atom. The second-order valence-corrected chi connectivity index (χ2v) is 4.28. The van der Waals surface area contributed by atoms with Gasteiger partial charge in [-0.15, -0.1) is 0 Å². The number of nitrogens with two attached hydrogens (primary N) is 1. The molecule has 1 heterocycles. The number of hydrogen-bond acceptors (Lipinski definition) is 5. The molecule has 92 valence electrons. The molecule has 0 fully saturated rings. The third-order valence-corrected chi connectivity index (χ3v) is 2.62. The van der Waals surface area contributed by atoms with Crippen LogP contribution >= 0.6 is 15.9 Å². The fourth-order valence-electron chi connectivity index (χ4n) is 1.31. The normalized spacial score (nSPS) is 10.1. The van der Waals surface area contributed by atoms with E-state index in [1.165, 1.54) is 18.3 Å². The van der Waals surface area contributed by atoms with Gasteiger partial charge in [0.25, 0.3) is 0 Å². The number of anilines is 1. The largest absolute Gasteiger partial charge is 0.430 e. The summed E-state index contributed by atoms with van der Waals surface area (Å²) in [6.45, 7) is 0. The Bertz CT molecular complexity index is 604. The van der Waals surface area contributed by atoms with Gasteiger partial charge in [0, 0.05) is 16.7 Å². The lowest BCUT2D eigenvalue weighted by Crippen LogP contribution is -1.97. The molecule has 0 spiro atoms. The number of ether oxygens (including phenoxy) is 1. The molecule has 2 N–H and O–H groups in total. The molecule has 6 nitrogen and oxygen atoms in total. The van der Waals surface area contributed by atoms with Gasteiger partial charge >= 0.3 is 5.69 Å². The number of rotatable bonds is 3. The van der Waals surface area contributed by atoms with Crippen molar-refractivity contribution < 1.29 is 9.66 Å². The van der Waals surface area contributed by atoms with Crippen molar-refractivity contribution in [1.29, 1.82) is 0 Å². The smallest absolute Gasteiger partial charge is 0.312 e. The fourth-order valence-corrected chi connectivity index (χ4v) is 1.66. The number of nitro groups is 1. The number of benzene rings is 1. The maximum absolute atomic E-state index is 10.9. The van der Waals surface area contributed by atoms with Gasteiger partial charge in [0.15, 0.2) is 0 Å². The van der Waals surface area contributed by atoms with E-state index in [1.54, 1.807) is 18.2 Å². The molecule has 0 aliphatic heterocycles. The van der Waals surface area contributed by atoms with E-state index >= 15 is 0 Å². The molecule has 2 rings (SSSR count). The van der Waals surface area contributed by atoms with Crippen molar-refractivity contribution in [2.45, 2.75) is 0 Å². The van der Waals surface area contributed by atoms with E-state index in [4.69, 9.17) is 10.5 Å². The Labute approximate surface area is 111 Å². The predicted octanol–water partition coefficient (Wildman–Crippen LogP) is 3.13. The molecule has 0 aliphatic rings. The van der Waals surface area contributed by atoms with Gasteiger partial charge < -0.3 is 10.5 Å². The highest BCUT2D eigenvalue weighted by Crippen LogP contribution is 2.34. The second-order valence-electron chi connectivity index (χ2n) is 3.37. The lowest BCUT2D eigenvalue weighted by Gasteiger charge is -2.07. The first kappa shape index (κ1) is 12.3. The van der Waals surface area contributed by atoms with E-state index in [-0.39, 0.29) is 17.3 Å². The fraction of sp³-hybridized carbons (Fsp3) is 0. The molecular formula is C11H8BrN3O3. The van der Waals surface area contributed by atoms with Gasteiger partial charge in [-0.1, -0.05) is 15.9 Å². The van der Waals surface area contributed by atoms with Crippen molar-refractivity contribution in [3.63, 3.8) is 0 Å². The zero-order chi connectivity index (χ0) is 13.1. The molecule has 0 saturated carbocycles. The van der Waals surface area contributed by atoms with Crippen LogP contribution in [0.2, 0.25) is 0 Å². The van der Waals surface area contributed by atoms with Crippen molar-refractivity contribution in [1.82, 2.24) is 4.98 Å². The summed E-state index contributed by atoms with van der Waals surface area (Å²) in [5.74, 6) is 0.233. The van der Waals surface area contributed by atoms with E-state index in [1.807, 2.05) is 0 Å². The van der Waals surface area contributed by atoms with Crippen LogP contribution in [0.3, 0.4) is 0 Å². The van der Waals surface area contributed by atoms with Crippen LogP contribution in [-0.2, 0) is 0 Å². The van der Waals surface area contributed by atoms with Crippen molar-refractivity contribution in [3.8, 4) is 11.6 Å². The Morgan fingerprint density at radius 1 is 1.39 bits per heavy atom. The molecule has 0 amide bonds. The van der Waals surface area contributed by atoms with Gasteiger partial charge in [-0.3, -0.25) is 10.1 Å². The highest BCUT2D eigenvalue weighted by Gasteiger charge is 2.17. The molecule has 0 bridgehead atoms. The third kappa shape index (κ3) is 2.57. The SMILES string of the molecule is Nc1cccnc1Oc1ccc(Br)cc1[N+](=O)[O-]. The number of nitro benzene ring substituents is 1. The maximum Gasteiger partial charge on any atom is 0.312 e. The van der Waals surface area contributed by atoms with Crippen LogP contribution in [0.1, 0.15) is 0 Å². The minimum absolute atomic E-state index is 0.0913. The van der Waals surface area contributed by atoms with Crippen LogP contribution in [0, 0.1) is 10.1 Å². The highest BCUT2D eigenvalue weighted by molar-refractivity contribution is 9.10. The number of hydrogen-bond donors (Lipinski definition) is 1. The third-order valence-electron chi connectivity index (χ3n) is 2.12. The molecule has 0 atom stereocenters. The minimum Gasteiger partial charge on any atom is -0.430 e. The molecule has 18 heavy (non-hydrogen) atoms. The van der Waals surface area contributed by atoms with Crippen LogP contribution in [0.5, 0.6) is 11.6 Å². The lowest BCUT2D eigenvalue weighted by molar-refractivity contribution is -0.385. The monoisotopic (exact) mass is 309 g/mol. The summed E-state index contributed by atoms with van der Waals surface area (Å²) in [6, 6.07) is 7.73. The van der Waals surface area contributed by atoms with Crippen LogP contribution < -0.4 is 10.5 Å². The van der Waals surface area contributed by atoms with Crippen LogP contribution in [0.4, 0.5) is 11.4 Å². The number of nitrogens with zero attached hydrogens (tertiary/aromatic N) is 2. The van der Waals surface area contributed by atoms with E-state index in [0.29, 0.717) is 10.2 Å². The van der Waals surface area contributed by atoms with Crippen LogP contribution in [0.15, 0.2) is 41.0 Å². The van der Waals surface area contributed by atoms with Gasteiger partial charge in [0.05, 0.1) is 10.6 Å². The number of nitrogen functional groups attached to an aromatic ring is 1. The van der Waals surface area contributed by atoms with Crippen LogP contribution in [0.25, 0.3) is 0 Å². The van der Waals surface area contributed by atoms with E-state index < -0.39 is 4.92 Å². The second kappa shape index (κ2) is 5.01. The Morgan fingerprint density at radius 2 is 2.17 bits per heavy atom. The van der Waals surface area contributed by atoms with E-state index in [2.05, 4.69) is 20.9 Å². The molecule has 7 heteroatoms. The number of pyridine rings is 1. The zero-order valence-electron chi connectivity index (χ0n) is 9.04. The predicted molar refractivity (Wildman–Crippen MR) is 69.5 cm³/mol. The summed E-state index contributed by atoms with van der Waals surface area (Å²) in [5, 5.41) is 10.9. The summed E-state index contributed by atoms with van der Waals surface area (Å²) in [6.07, 6.45) is 1.50. The van der Waals surface area contributed by atoms with Crippen LogP contribution in [-0.4, -0.2) is 9.91 Å². The summed E-state index contributed by atoms with van der Waals surface area (Å²) in [4.78, 5) is 14.3. The van der Waals surface area contributed by atoms with Crippen molar-refractivity contribution >= 4 is 27.3 Å². The molecule has 0 aliphatic carbocycles. The molecular weight excluding hydrogens is 302 g/mol. The first-order valence-electron chi connectivity index (χ1n) is 4.90. The molecule has 1 aromatic heterocycles. The van der Waals surface area contributed by atoms with Gasteiger partial charge in [0.2, 0.25) is 11.6 Å². The maximum atomic E-state index is 10.9. The minimum atomic E-state index is -0.529. The molecule has 0 unspecified atom stereocenters. The number of halogens is 1. The summed E-state index contributed by atoms with van der Waals surface area (Å²) in [7, 11) is 0. The molecule has 1 aromatic carbocycles. The Hall–Kier alpha value is -2.15. The quantitative estimate of drug-likeness (QED) is 0.694. The first-order valence-corrected chi connectivity index (χ1v) is 5.69. The average Bonchev–Trinajstić information content (AvgIpc) is 2.34. The lowest BCUT2D eigenvalue weighted by atomic mass is 10.3. The Kier molecular flexibility index (Phi) is 3.42. The summed E-state index contributed by atoms with van der Waals surface area (Å²) in [5.41, 5.74) is 5.81. The average molecular weight is 310 g/mol. The molecule has 2 aromatic rings. The van der Waals surface area contributed by atoms with E-state index in [0.717, 1.165) is 0 Å². The first-order chi connectivity index (χ1) is 8.58. The molecule has 0 saturated heterocycles. The van der Waals surface area contributed by atoms with Gasteiger partial charge in [-0.2, -0.15) is 0 Å². The van der Waals surface area contributed by atoms with Crippen molar-refractivity contribution in [3.05, 3.63) is 51.1 Å². The number of aromatic nitrogens is 1. The molecule has 0 radical (unpaired) electrons. The summed E-state index contributed by atoms with van der Waals surface area (Å²) < 4.78 is 5.95.